The molecule has 0 aromatic rings. The van der Waals surface area contributed by atoms with Crippen LogP contribution in [0.2, 0.25) is 0 Å². The lowest BCUT2D eigenvalue weighted by atomic mass is 9.93. The first-order chi connectivity index (χ1) is 10.3. The van der Waals surface area contributed by atoms with E-state index in [-0.39, 0.29) is 11.7 Å². The van der Waals surface area contributed by atoms with Gasteiger partial charge in [0.05, 0.1) is 12.2 Å². The van der Waals surface area contributed by atoms with E-state index in [1.165, 1.54) is 0 Å². The average molecular weight is 313 g/mol. The highest BCUT2D eigenvalue weighted by Gasteiger charge is 2.34. The number of hydrogen-bond acceptors (Lipinski definition) is 4. The van der Waals surface area contributed by atoms with E-state index in [9.17, 15) is 4.79 Å². The van der Waals surface area contributed by atoms with Gasteiger partial charge >= 0.3 is 6.09 Å². The zero-order valence-corrected chi connectivity index (χ0v) is 14.5. The normalized spacial score (nSPS) is 23.4. The average Bonchev–Trinajstić information content (AvgIpc) is 2.45. The van der Waals surface area contributed by atoms with Crippen molar-refractivity contribution in [1.82, 2.24) is 4.90 Å². The van der Waals surface area contributed by atoms with E-state index in [4.69, 9.17) is 14.2 Å². The quantitative estimate of drug-likeness (QED) is 0.802. The summed E-state index contributed by atoms with van der Waals surface area (Å²) in [5.41, 5.74) is -0.547. The van der Waals surface area contributed by atoms with E-state index < -0.39 is 5.60 Å². The third-order valence-electron chi connectivity index (χ3n) is 4.48. The highest BCUT2D eigenvalue weighted by atomic mass is 16.6. The molecule has 2 heterocycles. The molecule has 22 heavy (non-hydrogen) atoms. The highest BCUT2D eigenvalue weighted by Crippen LogP contribution is 2.28. The van der Waals surface area contributed by atoms with Gasteiger partial charge in [0.15, 0.2) is 0 Å². The van der Waals surface area contributed by atoms with E-state index in [1.807, 2.05) is 20.8 Å². The van der Waals surface area contributed by atoms with E-state index in [1.54, 1.807) is 4.90 Å². The predicted molar refractivity (Wildman–Crippen MR) is 84.9 cm³/mol. The fraction of sp³-hybridized carbons (Fsp3) is 0.941. The molecule has 5 heteroatoms. The molecule has 5 nitrogen and oxygen atoms in total. The van der Waals surface area contributed by atoms with Crippen LogP contribution in [0, 0.1) is 5.92 Å². The van der Waals surface area contributed by atoms with Crippen LogP contribution in [0.5, 0.6) is 0 Å². The molecule has 0 bridgehead atoms. The number of carbonyl (C=O) groups excluding carboxylic acids is 1. The van der Waals surface area contributed by atoms with Gasteiger partial charge in [0.1, 0.15) is 5.60 Å². The van der Waals surface area contributed by atoms with Gasteiger partial charge < -0.3 is 19.1 Å². The van der Waals surface area contributed by atoms with E-state index in [0.717, 1.165) is 45.5 Å². The SMILES string of the molecule is CC(C)(C)OC(=O)N1CCC(C)(OCC2CCOCC2)CC1. The molecular formula is C17H31NO4. The lowest BCUT2D eigenvalue weighted by molar-refractivity contribution is -0.0939. The van der Waals surface area contributed by atoms with Gasteiger partial charge in [-0.2, -0.15) is 0 Å². The minimum absolute atomic E-state index is 0.114. The van der Waals surface area contributed by atoms with Gasteiger partial charge in [-0.15, -0.1) is 0 Å². The highest BCUT2D eigenvalue weighted by molar-refractivity contribution is 5.68. The van der Waals surface area contributed by atoms with Crippen LogP contribution in [-0.4, -0.2) is 55.1 Å². The van der Waals surface area contributed by atoms with Gasteiger partial charge in [0, 0.05) is 26.3 Å². The topological polar surface area (TPSA) is 48.0 Å². The van der Waals surface area contributed by atoms with Crippen LogP contribution in [0.4, 0.5) is 4.79 Å². The van der Waals surface area contributed by atoms with Crippen LogP contribution in [0.1, 0.15) is 53.4 Å². The summed E-state index contributed by atoms with van der Waals surface area (Å²) in [6.07, 6.45) is 3.73. The largest absolute Gasteiger partial charge is 0.444 e. The van der Waals surface area contributed by atoms with Gasteiger partial charge in [-0.05, 0) is 59.3 Å². The molecule has 2 aliphatic heterocycles. The first-order valence-electron chi connectivity index (χ1n) is 8.47. The van der Waals surface area contributed by atoms with Crippen LogP contribution in [0.15, 0.2) is 0 Å². The molecule has 2 aliphatic rings. The molecule has 0 aliphatic carbocycles. The van der Waals surface area contributed by atoms with E-state index in [0.29, 0.717) is 19.0 Å². The number of piperidine rings is 1. The fourth-order valence-corrected chi connectivity index (χ4v) is 2.87. The third-order valence-corrected chi connectivity index (χ3v) is 4.48. The second kappa shape index (κ2) is 7.18. The summed E-state index contributed by atoms with van der Waals surface area (Å²) in [5, 5.41) is 0. The Balaban J connectivity index is 1.74. The first-order valence-corrected chi connectivity index (χ1v) is 8.47. The van der Waals surface area contributed by atoms with Gasteiger partial charge in [-0.3, -0.25) is 0 Å². The predicted octanol–water partition coefficient (Wildman–Crippen LogP) is 3.22. The van der Waals surface area contributed by atoms with Crippen molar-refractivity contribution in [3.63, 3.8) is 0 Å². The second-order valence-corrected chi connectivity index (χ2v) is 7.78. The van der Waals surface area contributed by atoms with Crippen molar-refractivity contribution in [3.05, 3.63) is 0 Å². The Bertz CT molecular complexity index is 363. The summed E-state index contributed by atoms with van der Waals surface area (Å²) in [7, 11) is 0. The van der Waals surface area contributed by atoms with Crippen molar-refractivity contribution in [2.75, 3.05) is 32.9 Å². The van der Waals surface area contributed by atoms with Crippen molar-refractivity contribution in [2.24, 2.45) is 5.92 Å². The van der Waals surface area contributed by atoms with E-state index >= 15 is 0 Å². The Kier molecular flexibility index (Phi) is 5.72. The Hall–Kier alpha value is -0.810. The summed E-state index contributed by atoms with van der Waals surface area (Å²) in [4.78, 5) is 13.9. The van der Waals surface area contributed by atoms with Crippen molar-refractivity contribution in [2.45, 2.75) is 64.6 Å². The Morgan fingerprint density at radius 2 is 1.82 bits per heavy atom. The van der Waals surface area contributed by atoms with Crippen LogP contribution >= 0.6 is 0 Å². The lowest BCUT2D eigenvalue weighted by Gasteiger charge is -2.40. The molecular weight excluding hydrogens is 282 g/mol. The third kappa shape index (κ3) is 5.43. The number of carbonyl (C=O) groups is 1. The summed E-state index contributed by atoms with van der Waals surface area (Å²) >= 11 is 0. The fourth-order valence-electron chi connectivity index (χ4n) is 2.87. The maximum Gasteiger partial charge on any atom is 0.410 e. The van der Waals surface area contributed by atoms with E-state index in [2.05, 4.69) is 6.92 Å². The number of hydrogen-bond donors (Lipinski definition) is 0. The Morgan fingerprint density at radius 1 is 1.23 bits per heavy atom. The molecule has 2 fully saturated rings. The molecule has 1 amide bonds. The zero-order valence-electron chi connectivity index (χ0n) is 14.5. The smallest absolute Gasteiger partial charge is 0.410 e. The zero-order chi connectivity index (χ0) is 16.2. The molecule has 2 saturated heterocycles. The van der Waals surface area contributed by atoms with Gasteiger partial charge in [-0.1, -0.05) is 0 Å². The van der Waals surface area contributed by atoms with Gasteiger partial charge in [0.2, 0.25) is 0 Å². The van der Waals surface area contributed by atoms with Crippen LogP contribution in [0.25, 0.3) is 0 Å². The summed E-state index contributed by atoms with van der Waals surface area (Å²) in [5.74, 6) is 0.620. The van der Waals surface area contributed by atoms with Crippen LogP contribution < -0.4 is 0 Å². The lowest BCUT2D eigenvalue weighted by Crippen LogP contribution is -2.48. The van der Waals surface area contributed by atoms with Crippen molar-refractivity contribution in [1.29, 1.82) is 0 Å². The molecule has 0 aromatic heterocycles. The monoisotopic (exact) mass is 313 g/mol. The maximum atomic E-state index is 12.1. The first kappa shape index (κ1) is 17.5. The molecule has 0 N–H and O–H groups in total. The molecule has 2 rings (SSSR count). The molecule has 0 unspecified atom stereocenters. The minimum atomic E-state index is -0.433. The Labute approximate surface area is 134 Å². The van der Waals surface area contributed by atoms with Crippen molar-refractivity contribution >= 4 is 6.09 Å². The van der Waals surface area contributed by atoms with Crippen molar-refractivity contribution in [3.8, 4) is 0 Å². The Morgan fingerprint density at radius 3 is 2.36 bits per heavy atom. The van der Waals surface area contributed by atoms with Crippen LogP contribution in [-0.2, 0) is 14.2 Å². The number of ether oxygens (including phenoxy) is 3. The second-order valence-electron chi connectivity index (χ2n) is 7.78. The molecule has 0 radical (unpaired) electrons. The molecule has 0 aromatic carbocycles. The standard InChI is InChI=1S/C17H31NO4/c1-16(2,3)22-15(19)18-9-7-17(4,8-10-18)21-13-14-5-11-20-12-6-14/h14H,5-13H2,1-4H3. The molecule has 0 atom stereocenters. The molecule has 0 spiro atoms. The van der Waals surface area contributed by atoms with Gasteiger partial charge in [-0.25, -0.2) is 4.79 Å². The maximum absolute atomic E-state index is 12.1. The number of likely N-dealkylation sites (tertiary alicyclic amines) is 1. The summed E-state index contributed by atoms with van der Waals surface area (Å²) in [6.45, 7) is 11.8. The van der Waals surface area contributed by atoms with Crippen molar-refractivity contribution < 1.29 is 19.0 Å². The summed E-state index contributed by atoms with van der Waals surface area (Å²) < 4.78 is 17.0. The minimum Gasteiger partial charge on any atom is -0.444 e. The van der Waals surface area contributed by atoms with Crippen LogP contribution in [0.3, 0.4) is 0 Å². The number of nitrogens with zero attached hydrogens (tertiary/aromatic N) is 1. The molecule has 0 saturated carbocycles. The van der Waals surface area contributed by atoms with Gasteiger partial charge in [0.25, 0.3) is 0 Å². The summed E-state index contributed by atoms with van der Waals surface area (Å²) in [6, 6.07) is 0. The number of rotatable bonds is 3. The number of amides is 1. The molecule has 128 valence electrons.